The molecule has 0 aliphatic heterocycles. The summed E-state index contributed by atoms with van der Waals surface area (Å²) in [7, 11) is 1.53. The second kappa shape index (κ2) is 6.91. The number of rotatable bonds is 5. The monoisotopic (exact) mass is 323 g/mol. The number of hydrogen-bond acceptors (Lipinski definition) is 5. The predicted molar refractivity (Wildman–Crippen MR) is 88.1 cm³/mol. The summed E-state index contributed by atoms with van der Waals surface area (Å²) in [4.78, 5) is 12.3. The molecular weight excluding hydrogens is 306 g/mol. The lowest BCUT2D eigenvalue weighted by molar-refractivity contribution is 0.0946. The molecule has 0 aliphatic rings. The fourth-order valence-electron chi connectivity index (χ4n) is 2.29. The molecule has 0 fully saturated rings. The third kappa shape index (κ3) is 3.24. The van der Waals surface area contributed by atoms with Crippen LogP contribution in [0.3, 0.4) is 0 Å². The van der Waals surface area contributed by atoms with E-state index in [0.29, 0.717) is 17.1 Å². The van der Waals surface area contributed by atoms with Crippen LogP contribution in [0, 0.1) is 6.92 Å². The number of aryl methyl sites for hydroxylation is 1. The van der Waals surface area contributed by atoms with Gasteiger partial charge in [0.2, 0.25) is 0 Å². The van der Waals surface area contributed by atoms with Gasteiger partial charge in [0, 0.05) is 0 Å². The minimum absolute atomic E-state index is 0.206. The van der Waals surface area contributed by atoms with Crippen molar-refractivity contribution in [2.24, 2.45) is 0 Å². The number of carbonyl (C=O) groups is 1. The maximum atomic E-state index is 12.3. The Hall–Kier alpha value is -3.22. The lowest BCUT2D eigenvalue weighted by Gasteiger charge is -2.09. The minimum Gasteiger partial charge on any atom is -0.496 e. The van der Waals surface area contributed by atoms with Crippen molar-refractivity contribution < 1.29 is 9.53 Å². The summed E-state index contributed by atoms with van der Waals surface area (Å²) >= 11 is 0. The third-order valence-electron chi connectivity index (χ3n) is 3.57. The molecule has 24 heavy (non-hydrogen) atoms. The van der Waals surface area contributed by atoms with Gasteiger partial charge in [-0.05, 0) is 41.6 Å². The summed E-state index contributed by atoms with van der Waals surface area (Å²) in [5.41, 5.74) is 2.46. The third-order valence-corrected chi connectivity index (χ3v) is 3.57. The fraction of sp³-hybridized carbons (Fsp3) is 0.176. The normalized spacial score (nSPS) is 10.4. The zero-order valence-electron chi connectivity index (χ0n) is 13.4. The first-order valence-electron chi connectivity index (χ1n) is 7.44. The van der Waals surface area contributed by atoms with Crippen molar-refractivity contribution in [1.29, 1.82) is 0 Å². The highest BCUT2D eigenvalue weighted by Crippen LogP contribution is 2.17. The van der Waals surface area contributed by atoms with Crippen LogP contribution in [0.1, 0.15) is 21.7 Å². The van der Waals surface area contributed by atoms with Crippen LogP contribution in [-0.2, 0) is 6.54 Å². The first kappa shape index (κ1) is 15.7. The van der Waals surface area contributed by atoms with Crippen molar-refractivity contribution in [2.45, 2.75) is 13.5 Å². The van der Waals surface area contributed by atoms with Gasteiger partial charge in [-0.3, -0.25) is 4.79 Å². The Bertz CT molecular complexity index is 842. The second-order valence-electron chi connectivity index (χ2n) is 5.23. The molecule has 0 saturated carbocycles. The van der Waals surface area contributed by atoms with E-state index in [1.54, 1.807) is 22.9 Å². The van der Waals surface area contributed by atoms with Crippen LogP contribution in [0.25, 0.3) is 5.69 Å². The second-order valence-corrected chi connectivity index (χ2v) is 5.23. The van der Waals surface area contributed by atoms with Crippen LogP contribution in [0.4, 0.5) is 0 Å². The molecule has 2 aromatic carbocycles. The zero-order chi connectivity index (χ0) is 16.9. The number of para-hydroxylation sites is 1. The van der Waals surface area contributed by atoms with E-state index >= 15 is 0 Å². The van der Waals surface area contributed by atoms with E-state index in [1.165, 1.54) is 7.11 Å². The van der Waals surface area contributed by atoms with Crippen LogP contribution >= 0.6 is 0 Å². The topological polar surface area (TPSA) is 81.9 Å². The molecule has 0 radical (unpaired) electrons. The quantitative estimate of drug-likeness (QED) is 0.775. The van der Waals surface area contributed by atoms with Gasteiger partial charge in [0.05, 0.1) is 24.9 Å². The maximum Gasteiger partial charge on any atom is 0.255 e. The standard InChI is InChI=1S/C17H17N5O2/c1-12-7-9-13(10-8-12)22-16(19-20-21-22)11-18-17(23)14-5-3-4-6-15(14)24-2/h3-10H,11H2,1-2H3,(H,18,23). The van der Waals surface area contributed by atoms with Gasteiger partial charge in [0.25, 0.3) is 5.91 Å². The predicted octanol–water partition coefficient (Wildman–Crippen LogP) is 1.91. The van der Waals surface area contributed by atoms with Crippen molar-refractivity contribution in [1.82, 2.24) is 25.5 Å². The Morgan fingerprint density at radius 3 is 2.67 bits per heavy atom. The maximum absolute atomic E-state index is 12.3. The van der Waals surface area contributed by atoms with E-state index in [-0.39, 0.29) is 12.5 Å². The number of nitrogens with zero attached hydrogens (tertiary/aromatic N) is 4. The van der Waals surface area contributed by atoms with E-state index < -0.39 is 0 Å². The number of methoxy groups -OCH3 is 1. The Balaban J connectivity index is 1.75. The van der Waals surface area contributed by atoms with E-state index in [9.17, 15) is 4.79 Å². The summed E-state index contributed by atoms with van der Waals surface area (Å²) in [6, 6.07) is 14.9. The molecular formula is C17H17N5O2. The molecule has 0 unspecified atom stereocenters. The number of aromatic nitrogens is 4. The Labute approximate surface area is 139 Å². The highest BCUT2D eigenvalue weighted by molar-refractivity contribution is 5.96. The number of amides is 1. The molecule has 0 bridgehead atoms. The van der Waals surface area contributed by atoms with Crippen LogP contribution in [0.5, 0.6) is 5.75 Å². The van der Waals surface area contributed by atoms with Crippen LogP contribution in [0.2, 0.25) is 0 Å². The van der Waals surface area contributed by atoms with Gasteiger partial charge >= 0.3 is 0 Å². The lowest BCUT2D eigenvalue weighted by Crippen LogP contribution is -2.25. The molecule has 3 rings (SSSR count). The number of ether oxygens (including phenoxy) is 1. The average Bonchev–Trinajstić information content (AvgIpc) is 3.08. The number of tetrazole rings is 1. The molecule has 0 spiro atoms. The first-order valence-corrected chi connectivity index (χ1v) is 7.44. The molecule has 1 N–H and O–H groups in total. The Morgan fingerprint density at radius 2 is 1.92 bits per heavy atom. The van der Waals surface area contributed by atoms with Gasteiger partial charge in [-0.2, -0.15) is 4.68 Å². The molecule has 3 aromatic rings. The zero-order valence-corrected chi connectivity index (χ0v) is 13.4. The van der Waals surface area contributed by atoms with Crippen molar-refractivity contribution in [3.05, 3.63) is 65.5 Å². The van der Waals surface area contributed by atoms with Gasteiger partial charge in [0.1, 0.15) is 5.75 Å². The molecule has 1 heterocycles. The lowest BCUT2D eigenvalue weighted by atomic mass is 10.2. The van der Waals surface area contributed by atoms with Crippen molar-refractivity contribution in [3.63, 3.8) is 0 Å². The SMILES string of the molecule is COc1ccccc1C(=O)NCc1nnnn1-c1ccc(C)cc1. The summed E-state index contributed by atoms with van der Waals surface area (Å²) in [6.45, 7) is 2.22. The summed E-state index contributed by atoms with van der Waals surface area (Å²) in [6.07, 6.45) is 0. The van der Waals surface area contributed by atoms with E-state index in [4.69, 9.17) is 4.74 Å². The average molecular weight is 323 g/mol. The Morgan fingerprint density at radius 1 is 1.17 bits per heavy atom. The Kier molecular flexibility index (Phi) is 4.51. The van der Waals surface area contributed by atoms with Gasteiger partial charge in [-0.15, -0.1) is 5.10 Å². The number of nitrogens with one attached hydrogen (secondary N) is 1. The number of benzene rings is 2. The van der Waals surface area contributed by atoms with E-state index in [0.717, 1.165) is 11.3 Å². The van der Waals surface area contributed by atoms with Crippen LogP contribution < -0.4 is 10.1 Å². The summed E-state index contributed by atoms with van der Waals surface area (Å²) in [5.74, 6) is 0.820. The molecule has 7 heteroatoms. The molecule has 0 atom stereocenters. The largest absolute Gasteiger partial charge is 0.496 e. The molecule has 1 aromatic heterocycles. The van der Waals surface area contributed by atoms with Gasteiger partial charge in [-0.25, -0.2) is 0 Å². The van der Waals surface area contributed by atoms with Gasteiger partial charge < -0.3 is 10.1 Å². The molecule has 122 valence electrons. The summed E-state index contributed by atoms with van der Waals surface area (Å²) in [5, 5.41) is 14.5. The van der Waals surface area contributed by atoms with Crippen molar-refractivity contribution in [3.8, 4) is 11.4 Å². The highest BCUT2D eigenvalue weighted by Gasteiger charge is 2.14. The van der Waals surface area contributed by atoms with Gasteiger partial charge in [0.15, 0.2) is 5.82 Å². The highest BCUT2D eigenvalue weighted by atomic mass is 16.5. The molecule has 0 saturated heterocycles. The van der Waals surface area contributed by atoms with Gasteiger partial charge in [-0.1, -0.05) is 29.8 Å². The molecule has 7 nitrogen and oxygen atoms in total. The summed E-state index contributed by atoms with van der Waals surface area (Å²) < 4.78 is 6.80. The van der Waals surface area contributed by atoms with E-state index in [2.05, 4.69) is 20.8 Å². The fourth-order valence-corrected chi connectivity index (χ4v) is 2.29. The first-order chi connectivity index (χ1) is 11.7. The van der Waals surface area contributed by atoms with Crippen molar-refractivity contribution >= 4 is 5.91 Å². The minimum atomic E-state index is -0.245. The molecule has 1 amide bonds. The number of hydrogen-bond donors (Lipinski definition) is 1. The van der Waals surface area contributed by atoms with E-state index in [1.807, 2.05) is 37.3 Å². The van der Waals surface area contributed by atoms with Crippen LogP contribution in [-0.4, -0.2) is 33.2 Å². The smallest absolute Gasteiger partial charge is 0.255 e. The van der Waals surface area contributed by atoms with Crippen LogP contribution in [0.15, 0.2) is 48.5 Å². The molecule has 0 aliphatic carbocycles. The van der Waals surface area contributed by atoms with Crippen molar-refractivity contribution in [2.75, 3.05) is 7.11 Å². The number of carbonyl (C=O) groups excluding carboxylic acids is 1.